The van der Waals surface area contributed by atoms with Gasteiger partial charge in [-0.3, -0.25) is 4.79 Å². The Balaban J connectivity index is 1.44. The van der Waals surface area contributed by atoms with E-state index >= 15 is 0 Å². The number of carbonyl (C=O) groups excluding carboxylic acids is 1. The second-order valence-corrected chi connectivity index (χ2v) is 6.77. The third-order valence-electron chi connectivity index (χ3n) is 5.02. The molecule has 28 heavy (non-hydrogen) atoms. The van der Waals surface area contributed by atoms with Crippen molar-refractivity contribution in [3.8, 4) is 0 Å². The van der Waals surface area contributed by atoms with Gasteiger partial charge in [0.25, 0.3) is 0 Å². The van der Waals surface area contributed by atoms with Crippen molar-refractivity contribution in [2.45, 2.75) is 20.5 Å². The first kappa shape index (κ1) is 20.1. The number of ether oxygens (including phenoxy) is 1. The standard InChI is InChI=1S/C21H29N5O2/c1-3-24(4-2)19-10-11-20(23-22-19)25-12-14-26(15-13-25)21(27)17-28-16-18-8-6-5-7-9-18/h5-11H,3-4,12-17H2,1-2H3. The average Bonchev–Trinajstić information content (AvgIpc) is 2.76. The lowest BCUT2D eigenvalue weighted by Gasteiger charge is -2.35. The number of benzene rings is 1. The van der Waals surface area contributed by atoms with E-state index in [9.17, 15) is 4.79 Å². The normalized spacial score (nSPS) is 14.2. The number of hydrogen-bond donors (Lipinski definition) is 0. The maximum Gasteiger partial charge on any atom is 0.248 e. The van der Waals surface area contributed by atoms with Gasteiger partial charge in [-0.25, -0.2) is 0 Å². The summed E-state index contributed by atoms with van der Waals surface area (Å²) in [4.78, 5) is 18.6. The summed E-state index contributed by atoms with van der Waals surface area (Å²) in [5.41, 5.74) is 1.08. The molecule has 0 spiro atoms. The number of hydrogen-bond acceptors (Lipinski definition) is 6. The van der Waals surface area contributed by atoms with Gasteiger partial charge in [0.15, 0.2) is 11.6 Å². The van der Waals surface area contributed by atoms with E-state index in [1.54, 1.807) is 0 Å². The van der Waals surface area contributed by atoms with Gasteiger partial charge in [-0.2, -0.15) is 0 Å². The molecule has 0 atom stereocenters. The van der Waals surface area contributed by atoms with E-state index in [-0.39, 0.29) is 12.5 Å². The van der Waals surface area contributed by atoms with Crippen molar-refractivity contribution in [2.75, 3.05) is 55.7 Å². The molecule has 2 aromatic rings. The lowest BCUT2D eigenvalue weighted by atomic mass is 10.2. The lowest BCUT2D eigenvalue weighted by Crippen LogP contribution is -2.50. The molecular formula is C21H29N5O2. The third kappa shape index (κ3) is 5.19. The fourth-order valence-corrected chi connectivity index (χ4v) is 3.31. The van der Waals surface area contributed by atoms with Crippen LogP contribution in [0.5, 0.6) is 0 Å². The summed E-state index contributed by atoms with van der Waals surface area (Å²) in [6.07, 6.45) is 0. The molecule has 0 N–H and O–H groups in total. The van der Waals surface area contributed by atoms with Crippen LogP contribution >= 0.6 is 0 Å². The van der Waals surface area contributed by atoms with E-state index in [0.717, 1.165) is 43.4 Å². The topological polar surface area (TPSA) is 61.8 Å². The quantitative estimate of drug-likeness (QED) is 0.696. The second-order valence-electron chi connectivity index (χ2n) is 6.77. The zero-order valence-electron chi connectivity index (χ0n) is 16.8. The third-order valence-corrected chi connectivity index (χ3v) is 5.02. The Morgan fingerprint density at radius 3 is 2.32 bits per heavy atom. The molecule has 0 radical (unpaired) electrons. The van der Waals surface area contributed by atoms with E-state index < -0.39 is 0 Å². The molecule has 7 heteroatoms. The first-order valence-corrected chi connectivity index (χ1v) is 9.94. The van der Waals surface area contributed by atoms with Crippen LogP contribution in [-0.4, -0.2) is 66.9 Å². The van der Waals surface area contributed by atoms with Crippen LogP contribution in [-0.2, 0) is 16.1 Å². The highest BCUT2D eigenvalue weighted by atomic mass is 16.5. The Hall–Kier alpha value is -2.67. The number of nitrogens with zero attached hydrogens (tertiary/aromatic N) is 5. The summed E-state index contributed by atoms with van der Waals surface area (Å²) in [7, 11) is 0. The Bertz CT molecular complexity index is 726. The molecule has 1 aromatic carbocycles. The van der Waals surface area contributed by atoms with Gasteiger partial charge in [-0.05, 0) is 31.5 Å². The average molecular weight is 383 g/mol. The Morgan fingerprint density at radius 1 is 1.00 bits per heavy atom. The fraction of sp³-hybridized carbons (Fsp3) is 0.476. The van der Waals surface area contributed by atoms with E-state index in [2.05, 4.69) is 33.8 Å². The van der Waals surface area contributed by atoms with E-state index in [1.165, 1.54) is 0 Å². The molecule has 1 amide bonds. The first-order chi connectivity index (χ1) is 13.7. The van der Waals surface area contributed by atoms with Crippen molar-refractivity contribution >= 4 is 17.5 Å². The number of rotatable bonds is 8. The number of carbonyl (C=O) groups is 1. The molecular weight excluding hydrogens is 354 g/mol. The zero-order chi connectivity index (χ0) is 19.8. The van der Waals surface area contributed by atoms with Crippen LogP contribution in [0.3, 0.4) is 0 Å². The maximum atomic E-state index is 12.4. The zero-order valence-corrected chi connectivity index (χ0v) is 16.8. The minimum absolute atomic E-state index is 0.0403. The summed E-state index contributed by atoms with van der Waals surface area (Å²) >= 11 is 0. The molecule has 7 nitrogen and oxygen atoms in total. The van der Waals surface area contributed by atoms with Gasteiger partial charge in [0.1, 0.15) is 6.61 Å². The number of aromatic nitrogens is 2. The van der Waals surface area contributed by atoms with E-state index in [4.69, 9.17) is 4.74 Å². The Morgan fingerprint density at radius 2 is 1.71 bits per heavy atom. The molecule has 3 rings (SSSR count). The van der Waals surface area contributed by atoms with E-state index in [1.807, 2.05) is 47.4 Å². The van der Waals surface area contributed by atoms with Crippen LogP contribution in [0.2, 0.25) is 0 Å². The summed E-state index contributed by atoms with van der Waals surface area (Å²) in [5, 5.41) is 8.73. The Kier molecular flexibility index (Phi) is 7.19. The van der Waals surface area contributed by atoms with E-state index in [0.29, 0.717) is 19.7 Å². The van der Waals surface area contributed by atoms with Crippen LogP contribution in [0, 0.1) is 0 Å². The van der Waals surface area contributed by atoms with Gasteiger partial charge in [-0.1, -0.05) is 30.3 Å². The number of anilines is 2. The van der Waals surface area contributed by atoms with Crippen LogP contribution in [0.15, 0.2) is 42.5 Å². The molecule has 0 unspecified atom stereocenters. The minimum atomic E-state index is 0.0403. The monoisotopic (exact) mass is 383 g/mol. The molecule has 1 aromatic heterocycles. The van der Waals surface area contributed by atoms with Gasteiger partial charge >= 0.3 is 0 Å². The smallest absolute Gasteiger partial charge is 0.248 e. The van der Waals surface area contributed by atoms with Gasteiger partial charge in [-0.15, -0.1) is 10.2 Å². The molecule has 1 aliphatic heterocycles. The highest BCUT2D eigenvalue weighted by molar-refractivity contribution is 5.77. The summed E-state index contributed by atoms with van der Waals surface area (Å²) in [6, 6.07) is 13.9. The first-order valence-electron chi connectivity index (χ1n) is 9.94. The van der Waals surface area contributed by atoms with Crippen molar-refractivity contribution in [3.05, 3.63) is 48.0 Å². The fourth-order valence-electron chi connectivity index (χ4n) is 3.31. The molecule has 1 aliphatic rings. The van der Waals surface area contributed by atoms with Crippen LogP contribution in [0.4, 0.5) is 11.6 Å². The molecule has 0 bridgehead atoms. The predicted molar refractivity (Wildman–Crippen MR) is 110 cm³/mol. The van der Waals surface area contributed by atoms with Crippen LogP contribution < -0.4 is 9.80 Å². The van der Waals surface area contributed by atoms with Gasteiger partial charge in [0, 0.05) is 39.3 Å². The van der Waals surface area contributed by atoms with Crippen LogP contribution in [0.25, 0.3) is 0 Å². The molecule has 1 saturated heterocycles. The summed E-state index contributed by atoms with van der Waals surface area (Å²) < 4.78 is 5.57. The molecule has 1 fully saturated rings. The maximum absolute atomic E-state index is 12.4. The summed E-state index contributed by atoms with van der Waals surface area (Å²) in [6.45, 7) is 9.48. The second kappa shape index (κ2) is 10.0. The van der Waals surface area contributed by atoms with Gasteiger partial charge in [0.2, 0.25) is 5.91 Å². The number of amides is 1. The van der Waals surface area contributed by atoms with Crippen molar-refractivity contribution < 1.29 is 9.53 Å². The summed E-state index contributed by atoms with van der Waals surface area (Å²) in [5.74, 6) is 1.81. The van der Waals surface area contributed by atoms with Crippen molar-refractivity contribution in [2.24, 2.45) is 0 Å². The van der Waals surface area contributed by atoms with Crippen molar-refractivity contribution in [1.29, 1.82) is 0 Å². The molecule has 0 aliphatic carbocycles. The number of piperazine rings is 1. The van der Waals surface area contributed by atoms with Crippen LogP contribution in [0.1, 0.15) is 19.4 Å². The molecule has 150 valence electrons. The van der Waals surface area contributed by atoms with Crippen molar-refractivity contribution in [1.82, 2.24) is 15.1 Å². The SMILES string of the molecule is CCN(CC)c1ccc(N2CCN(C(=O)COCc3ccccc3)CC2)nn1. The molecule has 2 heterocycles. The predicted octanol–water partition coefficient (Wildman–Crippen LogP) is 2.19. The lowest BCUT2D eigenvalue weighted by molar-refractivity contribution is -0.136. The van der Waals surface area contributed by atoms with Gasteiger partial charge in [0.05, 0.1) is 6.61 Å². The Labute approximate surface area is 166 Å². The van der Waals surface area contributed by atoms with Crippen molar-refractivity contribution in [3.63, 3.8) is 0 Å². The van der Waals surface area contributed by atoms with Gasteiger partial charge < -0.3 is 19.4 Å². The highest BCUT2D eigenvalue weighted by Gasteiger charge is 2.22. The largest absolute Gasteiger partial charge is 0.367 e. The molecule has 0 saturated carbocycles. The highest BCUT2D eigenvalue weighted by Crippen LogP contribution is 2.16. The minimum Gasteiger partial charge on any atom is -0.367 e.